The maximum absolute atomic E-state index is 13.7. The number of carbonyl (C=O) groups excluding carboxylic acids is 2. The van der Waals surface area contributed by atoms with Gasteiger partial charge in [-0.2, -0.15) is 0 Å². The average Bonchev–Trinajstić information content (AvgIpc) is 3.52. The van der Waals surface area contributed by atoms with Crippen molar-refractivity contribution in [3.05, 3.63) is 43.9 Å². The minimum atomic E-state index is -0.457. The third kappa shape index (κ3) is 3.42. The molecule has 182 valence electrons. The zero-order valence-corrected chi connectivity index (χ0v) is 21.3. The highest BCUT2D eigenvalue weighted by Gasteiger charge is 2.47. The van der Waals surface area contributed by atoms with E-state index in [2.05, 4.69) is 15.3 Å². The van der Waals surface area contributed by atoms with E-state index in [-0.39, 0.29) is 23.2 Å². The first-order valence-electron chi connectivity index (χ1n) is 12.0. The summed E-state index contributed by atoms with van der Waals surface area (Å²) >= 11 is 8.15. The fourth-order valence-corrected chi connectivity index (χ4v) is 7.76. The Morgan fingerprint density at radius 1 is 1.26 bits per heavy atom. The van der Waals surface area contributed by atoms with Gasteiger partial charge in [0.25, 0.3) is 5.56 Å². The number of ketones is 1. The van der Waals surface area contributed by atoms with Gasteiger partial charge in [-0.25, -0.2) is 9.97 Å². The van der Waals surface area contributed by atoms with E-state index in [0.29, 0.717) is 35.1 Å². The molecule has 35 heavy (non-hydrogen) atoms. The number of rotatable bonds is 3. The number of thiophene rings is 1. The Kier molecular flexibility index (Phi) is 5.27. The number of anilines is 2. The lowest BCUT2D eigenvalue weighted by atomic mass is 9.87. The van der Waals surface area contributed by atoms with E-state index >= 15 is 0 Å². The molecule has 4 heterocycles. The van der Waals surface area contributed by atoms with E-state index in [1.165, 1.54) is 6.33 Å². The Morgan fingerprint density at radius 2 is 2.03 bits per heavy atom. The van der Waals surface area contributed by atoms with Gasteiger partial charge in [0.1, 0.15) is 28.4 Å². The number of aromatic nitrogens is 3. The van der Waals surface area contributed by atoms with Gasteiger partial charge in [-0.3, -0.25) is 19.0 Å². The Balaban J connectivity index is 1.42. The molecule has 3 aromatic heterocycles. The van der Waals surface area contributed by atoms with Crippen molar-refractivity contribution in [3.63, 3.8) is 0 Å². The smallest absolute Gasteiger partial charge is 0.275 e. The van der Waals surface area contributed by atoms with Crippen LogP contribution in [-0.4, -0.2) is 45.2 Å². The summed E-state index contributed by atoms with van der Waals surface area (Å²) in [6.45, 7) is 0. The summed E-state index contributed by atoms with van der Waals surface area (Å²) in [6, 6.07) is 1.56. The fourth-order valence-electron chi connectivity index (χ4n) is 6.19. The Hall–Kier alpha value is -2.78. The number of aryl methyl sites for hydroxylation is 1. The van der Waals surface area contributed by atoms with Crippen LogP contribution < -0.4 is 10.9 Å². The van der Waals surface area contributed by atoms with Crippen molar-refractivity contribution >= 4 is 56.4 Å². The van der Waals surface area contributed by atoms with Crippen LogP contribution in [0.25, 0.3) is 10.2 Å². The van der Waals surface area contributed by atoms with Gasteiger partial charge in [-0.15, -0.1) is 11.3 Å². The minimum absolute atomic E-state index is 0.0322. The van der Waals surface area contributed by atoms with E-state index in [9.17, 15) is 14.4 Å². The Labute approximate surface area is 211 Å². The highest BCUT2D eigenvalue weighted by atomic mass is 35.5. The van der Waals surface area contributed by atoms with Crippen LogP contribution in [0, 0.1) is 5.92 Å². The van der Waals surface area contributed by atoms with Crippen LogP contribution in [0.3, 0.4) is 0 Å². The topological polar surface area (TPSA) is 97.2 Å². The molecule has 8 nitrogen and oxygen atoms in total. The summed E-state index contributed by atoms with van der Waals surface area (Å²) in [5, 5.41) is 4.44. The molecule has 10 heteroatoms. The molecule has 1 aliphatic heterocycles. The first-order chi connectivity index (χ1) is 16.8. The number of hydrogen-bond donors (Lipinski definition) is 1. The molecule has 1 N–H and O–H groups in total. The maximum atomic E-state index is 13.7. The molecule has 1 atom stereocenters. The highest BCUT2D eigenvalue weighted by Crippen LogP contribution is 2.46. The molecule has 1 fully saturated rings. The predicted molar refractivity (Wildman–Crippen MR) is 136 cm³/mol. The summed E-state index contributed by atoms with van der Waals surface area (Å²) in [4.78, 5) is 51.6. The number of nitrogens with zero attached hydrogens (tertiary/aromatic N) is 4. The zero-order valence-electron chi connectivity index (χ0n) is 19.7. The van der Waals surface area contributed by atoms with Crippen molar-refractivity contribution in [3.8, 4) is 0 Å². The van der Waals surface area contributed by atoms with E-state index in [1.807, 2.05) is 0 Å². The Morgan fingerprint density at radius 3 is 2.77 bits per heavy atom. The van der Waals surface area contributed by atoms with E-state index in [1.54, 1.807) is 41.0 Å². The van der Waals surface area contributed by atoms with Gasteiger partial charge in [0, 0.05) is 31.3 Å². The summed E-state index contributed by atoms with van der Waals surface area (Å²) in [6.07, 6.45) is 7.66. The SMILES string of the molecule is CN(C)C(=O)[C@H]1CCc2c(sc3ncnc(Nc4cc(Cl)c5n(c4=O)C4(CCCC4)CC5=O)c23)C1. The second-order valence-corrected chi connectivity index (χ2v) is 11.6. The molecule has 0 unspecified atom stereocenters. The molecule has 3 aliphatic rings. The van der Waals surface area contributed by atoms with E-state index in [4.69, 9.17) is 11.6 Å². The molecule has 0 radical (unpaired) electrons. The van der Waals surface area contributed by atoms with Gasteiger partial charge in [0.15, 0.2) is 5.78 Å². The van der Waals surface area contributed by atoms with Gasteiger partial charge < -0.3 is 10.2 Å². The average molecular weight is 512 g/mol. The molecule has 6 rings (SSSR count). The molecular weight excluding hydrogens is 486 g/mol. The van der Waals surface area contributed by atoms with Crippen LogP contribution in [0.1, 0.15) is 59.5 Å². The summed E-state index contributed by atoms with van der Waals surface area (Å²) in [7, 11) is 3.58. The molecule has 3 aromatic rings. The van der Waals surface area contributed by atoms with Crippen molar-refractivity contribution in [1.29, 1.82) is 0 Å². The number of pyridine rings is 1. The quantitative estimate of drug-likeness (QED) is 0.563. The third-order valence-corrected chi connectivity index (χ3v) is 9.26. The molecule has 0 bridgehead atoms. The van der Waals surface area contributed by atoms with Crippen molar-refractivity contribution in [2.45, 2.75) is 56.9 Å². The minimum Gasteiger partial charge on any atom is -0.349 e. The molecule has 1 spiro atoms. The summed E-state index contributed by atoms with van der Waals surface area (Å²) in [5.41, 5.74) is 1.11. The number of hydrogen-bond acceptors (Lipinski definition) is 7. The molecule has 0 saturated heterocycles. The molecule has 0 aromatic carbocycles. The fraction of sp³-hybridized carbons (Fsp3) is 0.480. The summed E-state index contributed by atoms with van der Waals surface area (Å²) in [5.74, 6) is 0.617. The largest absolute Gasteiger partial charge is 0.349 e. The number of halogens is 1. The zero-order chi connectivity index (χ0) is 24.5. The van der Waals surface area contributed by atoms with Gasteiger partial charge >= 0.3 is 0 Å². The monoisotopic (exact) mass is 511 g/mol. The lowest BCUT2D eigenvalue weighted by Crippen LogP contribution is -2.37. The molecule has 1 saturated carbocycles. The van der Waals surface area contributed by atoms with Crippen LogP contribution >= 0.6 is 22.9 Å². The maximum Gasteiger partial charge on any atom is 0.275 e. The lowest BCUT2D eigenvalue weighted by molar-refractivity contribution is -0.133. The van der Waals surface area contributed by atoms with E-state index in [0.717, 1.165) is 59.2 Å². The number of amides is 1. The van der Waals surface area contributed by atoms with Crippen LogP contribution in [0.5, 0.6) is 0 Å². The predicted octanol–water partition coefficient (Wildman–Crippen LogP) is 4.30. The van der Waals surface area contributed by atoms with Crippen molar-refractivity contribution in [1.82, 2.24) is 19.4 Å². The first kappa shape index (κ1) is 22.7. The van der Waals surface area contributed by atoms with Crippen LogP contribution in [0.15, 0.2) is 17.2 Å². The highest BCUT2D eigenvalue weighted by molar-refractivity contribution is 7.19. The Bertz CT molecular complexity index is 1450. The number of nitrogens with one attached hydrogen (secondary N) is 1. The van der Waals surface area contributed by atoms with Crippen LogP contribution in [-0.2, 0) is 23.2 Å². The van der Waals surface area contributed by atoms with Gasteiger partial charge in [0.2, 0.25) is 5.91 Å². The van der Waals surface area contributed by atoms with Crippen LogP contribution in [0.4, 0.5) is 11.5 Å². The van der Waals surface area contributed by atoms with Gasteiger partial charge in [-0.05, 0) is 43.7 Å². The normalized spacial score (nSPS) is 20.3. The molecule has 2 aliphatic carbocycles. The number of Topliss-reactive ketones (excluding diaryl/α,β-unsaturated/α-hetero) is 1. The van der Waals surface area contributed by atoms with Crippen molar-refractivity contribution < 1.29 is 9.59 Å². The summed E-state index contributed by atoms with van der Waals surface area (Å²) < 4.78 is 1.66. The number of carbonyl (C=O) groups is 2. The van der Waals surface area contributed by atoms with Gasteiger partial charge in [-0.1, -0.05) is 24.4 Å². The standard InChI is InChI=1S/C25H26ClN5O3S/c1-30(2)23(33)13-5-6-14-18(9-13)35-22-19(14)21(27-12-28-22)29-16-10-15(26)20-17(32)11-25(7-3-4-8-25)31(20)24(16)34/h10,12-13H,3-9,11H2,1-2H3,(H,27,28,29)/t13-/m0/s1. The first-order valence-corrected chi connectivity index (χ1v) is 13.2. The second kappa shape index (κ2) is 8.13. The number of fused-ring (bicyclic) bond motifs is 5. The molecular formula is C25H26ClN5O3S. The van der Waals surface area contributed by atoms with Crippen LogP contribution in [0.2, 0.25) is 5.02 Å². The second-order valence-electron chi connectivity index (χ2n) is 10.1. The van der Waals surface area contributed by atoms with E-state index < -0.39 is 5.54 Å². The lowest BCUT2D eigenvalue weighted by Gasteiger charge is -2.26. The third-order valence-electron chi connectivity index (χ3n) is 7.81. The van der Waals surface area contributed by atoms with Crippen molar-refractivity contribution in [2.24, 2.45) is 5.92 Å². The van der Waals surface area contributed by atoms with Crippen molar-refractivity contribution in [2.75, 3.05) is 19.4 Å². The molecule has 1 amide bonds. The van der Waals surface area contributed by atoms with Gasteiger partial charge in [0.05, 0.1) is 15.9 Å².